The lowest BCUT2D eigenvalue weighted by Gasteiger charge is -2.16. The maximum atomic E-state index is 11.7. The Kier molecular flexibility index (Phi) is 4.19. The number of amides is 2. The minimum absolute atomic E-state index is 0.224. The number of benzene rings is 2. The zero-order valence-electron chi connectivity index (χ0n) is 12.2. The van der Waals surface area contributed by atoms with Crippen molar-refractivity contribution < 1.29 is 14.3 Å². The number of rotatable bonds is 5. The highest BCUT2D eigenvalue weighted by Crippen LogP contribution is 2.21. The summed E-state index contributed by atoms with van der Waals surface area (Å²) >= 11 is 0. The average Bonchev–Trinajstić information content (AvgIpc) is 2.52. The lowest BCUT2D eigenvalue weighted by atomic mass is 10.00. The van der Waals surface area contributed by atoms with Crippen LogP contribution in [-0.4, -0.2) is 18.4 Å². The molecule has 22 heavy (non-hydrogen) atoms. The van der Waals surface area contributed by atoms with Crippen molar-refractivity contribution in [2.24, 2.45) is 0 Å². The van der Waals surface area contributed by atoms with Crippen molar-refractivity contribution in [2.75, 3.05) is 6.61 Å². The van der Waals surface area contributed by atoms with Crippen molar-refractivity contribution in [1.82, 2.24) is 5.32 Å². The van der Waals surface area contributed by atoms with Crippen LogP contribution in [-0.2, 0) is 17.6 Å². The van der Waals surface area contributed by atoms with E-state index in [9.17, 15) is 9.59 Å². The summed E-state index contributed by atoms with van der Waals surface area (Å²) in [5.74, 6) is 0.106. The van der Waals surface area contributed by atoms with E-state index in [0.717, 1.165) is 18.4 Å². The van der Waals surface area contributed by atoms with Crippen molar-refractivity contribution in [3.8, 4) is 5.75 Å². The second-order valence-corrected chi connectivity index (χ2v) is 5.31. The molecule has 4 nitrogen and oxygen atoms in total. The molecule has 2 amide bonds. The molecule has 0 radical (unpaired) electrons. The number of imide groups is 1. The van der Waals surface area contributed by atoms with Gasteiger partial charge in [-0.05, 0) is 42.2 Å². The standard InChI is InChI=1S/C18H17NO3/c20-17-12-14-11-15(8-9-16(14)18(21)19-17)22-10-4-7-13-5-2-1-3-6-13/h1-3,5-6,8-9,11H,4,7,10,12H2,(H,19,20,21). The monoisotopic (exact) mass is 295 g/mol. The van der Waals surface area contributed by atoms with Gasteiger partial charge < -0.3 is 4.74 Å². The molecule has 1 N–H and O–H groups in total. The van der Waals surface area contributed by atoms with E-state index in [0.29, 0.717) is 17.9 Å². The Morgan fingerprint density at radius 1 is 1.05 bits per heavy atom. The fourth-order valence-corrected chi connectivity index (χ4v) is 2.55. The quantitative estimate of drug-likeness (QED) is 0.681. The summed E-state index contributed by atoms with van der Waals surface area (Å²) < 4.78 is 5.72. The Bertz CT molecular complexity index is 695. The number of fused-ring (bicyclic) bond motifs is 1. The first kappa shape index (κ1) is 14.3. The Morgan fingerprint density at radius 3 is 2.68 bits per heavy atom. The molecule has 0 saturated carbocycles. The zero-order chi connectivity index (χ0) is 15.4. The van der Waals surface area contributed by atoms with Gasteiger partial charge in [-0.15, -0.1) is 0 Å². The smallest absolute Gasteiger partial charge is 0.258 e. The summed E-state index contributed by atoms with van der Waals surface area (Å²) in [5.41, 5.74) is 2.57. The molecule has 1 aliphatic heterocycles. The van der Waals surface area contributed by atoms with Crippen molar-refractivity contribution in [3.63, 3.8) is 0 Å². The lowest BCUT2D eigenvalue weighted by Crippen LogP contribution is -2.37. The number of hydrogen-bond acceptors (Lipinski definition) is 3. The van der Waals surface area contributed by atoms with Gasteiger partial charge in [0.1, 0.15) is 5.75 Å². The molecular formula is C18H17NO3. The fourth-order valence-electron chi connectivity index (χ4n) is 2.55. The number of carbonyl (C=O) groups excluding carboxylic acids is 2. The largest absolute Gasteiger partial charge is 0.494 e. The van der Waals surface area contributed by atoms with Gasteiger partial charge in [0.2, 0.25) is 5.91 Å². The average molecular weight is 295 g/mol. The third kappa shape index (κ3) is 3.34. The first-order valence-electron chi connectivity index (χ1n) is 7.36. The van der Waals surface area contributed by atoms with Gasteiger partial charge in [-0.3, -0.25) is 14.9 Å². The van der Waals surface area contributed by atoms with Crippen LogP contribution in [0.2, 0.25) is 0 Å². The van der Waals surface area contributed by atoms with E-state index in [2.05, 4.69) is 17.4 Å². The number of carbonyl (C=O) groups is 2. The Balaban J connectivity index is 1.56. The fraction of sp³-hybridized carbons (Fsp3) is 0.222. The van der Waals surface area contributed by atoms with Gasteiger partial charge in [0, 0.05) is 5.56 Å². The van der Waals surface area contributed by atoms with Crippen LogP contribution in [0.1, 0.15) is 27.9 Å². The highest BCUT2D eigenvalue weighted by atomic mass is 16.5. The van der Waals surface area contributed by atoms with E-state index in [4.69, 9.17) is 4.74 Å². The zero-order valence-corrected chi connectivity index (χ0v) is 12.2. The van der Waals surface area contributed by atoms with Gasteiger partial charge in [0.05, 0.1) is 13.0 Å². The van der Waals surface area contributed by atoms with Gasteiger partial charge in [-0.2, -0.15) is 0 Å². The highest BCUT2D eigenvalue weighted by molar-refractivity contribution is 6.09. The molecule has 0 aromatic heterocycles. The Labute approximate surface area is 129 Å². The first-order valence-corrected chi connectivity index (χ1v) is 7.36. The van der Waals surface area contributed by atoms with E-state index < -0.39 is 0 Å². The second-order valence-electron chi connectivity index (χ2n) is 5.31. The Hall–Kier alpha value is -2.62. The van der Waals surface area contributed by atoms with Crippen molar-refractivity contribution in [2.45, 2.75) is 19.3 Å². The van der Waals surface area contributed by atoms with Crippen LogP contribution in [0.4, 0.5) is 0 Å². The van der Waals surface area contributed by atoms with Crippen LogP contribution in [0.25, 0.3) is 0 Å². The van der Waals surface area contributed by atoms with Crippen LogP contribution < -0.4 is 10.1 Å². The van der Waals surface area contributed by atoms with Crippen LogP contribution in [0.3, 0.4) is 0 Å². The van der Waals surface area contributed by atoms with Crippen LogP contribution in [0, 0.1) is 0 Å². The SMILES string of the molecule is O=C1Cc2cc(OCCCc3ccccc3)ccc2C(=O)N1. The molecule has 2 aromatic rings. The molecule has 0 unspecified atom stereocenters. The third-order valence-electron chi connectivity index (χ3n) is 3.65. The van der Waals surface area contributed by atoms with Crippen LogP contribution >= 0.6 is 0 Å². The second kappa shape index (κ2) is 6.43. The van der Waals surface area contributed by atoms with Gasteiger partial charge in [-0.1, -0.05) is 30.3 Å². The molecule has 0 fully saturated rings. The van der Waals surface area contributed by atoms with E-state index >= 15 is 0 Å². The van der Waals surface area contributed by atoms with Gasteiger partial charge in [0.25, 0.3) is 5.91 Å². The summed E-state index contributed by atoms with van der Waals surface area (Å²) in [6.07, 6.45) is 2.11. The third-order valence-corrected chi connectivity index (χ3v) is 3.65. The first-order chi connectivity index (χ1) is 10.7. The summed E-state index contributed by atoms with van der Waals surface area (Å²) in [7, 11) is 0. The summed E-state index contributed by atoms with van der Waals surface area (Å²) in [4.78, 5) is 23.0. The molecule has 0 saturated heterocycles. The minimum atomic E-state index is -0.332. The van der Waals surface area contributed by atoms with Crippen molar-refractivity contribution in [3.05, 3.63) is 65.2 Å². The highest BCUT2D eigenvalue weighted by Gasteiger charge is 2.22. The number of hydrogen-bond donors (Lipinski definition) is 1. The molecule has 0 bridgehead atoms. The van der Waals surface area contributed by atoms with Crippen molar-refractivity contribution in [1.29, 1.82) is 0 Å². The van der Waals surface area contributed by atoms with Crippen molar-refractivity contribution >= 4 is 11.8 Å². The molecule has 0 spiro atoms. The van der Waals surface area contributed by atoms with Crippen LogP contribution in [0.5, 0.6) is 5.75 Å². The molecule has 1 aliphatic rings. The van der Waals surface area contributed by atoms with Gasteiger partial charge in [-0.25, -0.2) is 0 Å². The summed E-state index contributed by atoms with van der Waals surface area (Å²) in [6, 6.07) is 15.5. The molecule has 0 atom stereocenters. The Morgan fingerprint density at radius 2 is 1.86 bits per heavy atom. The molecular weight excluding hydrogens is 278 g/mol. The number of ether oxygens (including phenoxy) is 1. The molecule has 2 aromatic carbocycles. The topological polar surface area (TPSA) is 55.4 Å². The number of nitrogens with one attached hydrogen (secondary N) is 1. The normalized spacial score (nSPS) is 13.5. The van der Waals surface area contributed by atoms with Gasteiger partial charge in [0.15, 0.2) is 0 Å². The molecule has 3 rings (SSSR count). The van der Waals surface area contributed by atoms with Gasteiger partial charge >= 0.3 is 0 Å². The maximum Gasteiger partial charge on any atom is 0.258 e. The molecule has 1 heterocycles. The van der Waals surface area contributed by atoms with E-state index in [1.807, 2.05) is 18.2 Å². The van der Waals surface area contributed by atoms with Crippen LogP contribution in [0.15, 0.2) is 48.5 Å². The lowest BCUT2D eigenvalue weighted by molar-refractivity contribution is -0.119. The molecule has 0 aliphatic carbocycles. The summed E-state index contributed by atoms with van der Waals surface area (Å²) in [5, 5.41) is 2.31. The van der Waals surface area contributed by atoms with E-state index in [1.54, 1.807) is 18.2 Å². The van der Waals surface area contributed by atoms with E-state index in [-0.39, 0.29) is 18.2 Å². The minimum Gasteiger partial charge on any atom is -0.494 e. The molecule has 112 valence electrons. The summed E-state index contributed by atoms with van der Waals surface area (Å²) in [6.45, 7) is 0.605. The predicted octanol–water partition coefficient (Wildman–Crippen LogP) is 2.51. The number of aryl methyl sites for hydroxylation is 1. The van der Waals surface area contributed by atoms with E-state index in [1.165, 1.54) is 5.56 Å². The maximum absolute atomic E-state index is 11.7. The molecule has 4 heteroatoms. The predicted molar refractivity (Wildman–Crippen MR) is 82.9 cm³/mol.